The molecule has 1 atom stereocenters. The zero-order valence-electron chi connectivity index (χ0n) is 13.3. The molecule has 0 amide bonds. The van der Waals surface area contributed by atoms with Gasteiger partial charge in [-0.1, -0.05) is 12.1 Å². The summed E-state index contributed by atoms with van der Waals surface area (Å²) in [6.45, 7) is 1.94. The molecule has 0 fully saturated rings. The number of carbonyl (C=O) groups excluding carboxylic acids is 1. The molecule has 0 bridgehead atoms. The summed E-state index contributed by atoms with van der Waals surface area (Å²) in [5, 5.41) is 9.93. The number of ketones is 1. The molecular weight excluding hydrogens is 296 g/mol. The number of fused-ring (bicyclic) bond motifs is 1. The van der Waals surface area contributed by atoms with Gasteiger partial charge in [0.15, 0.2) is 5.78 Å². The van der Waals surface area contributed by atoms with Gasteiger partial charge in [-0.05, 0) is 24.6 Å². The van der Waals surface area contributed by atoms with E-state index in [2.05, 4.69) is 0 Å². The minimum Gasteiger partial charge on any atom is -0.507 e. The number of hydrogen-bond donors (Lipinski definition) is 1. The molecule has 1 heterocycles. The summed E-state index contributed by atoms with van der Waals surface area (Å²) >= 11 is 0. The number of rotatable bonds is 3. The first kappa shape index (κ1) is 15.2. The Kier molecular flexibility index (Phi) is 3.86. The fourth-order valence-electron chi connectivity index (χ4n) is 2.80. The van der Waals surface area contributed by atoms with E-state index in [1.54, 1.807) is 14.0 Å². The van der Waals surface area contributed by atoms with E-state index in [1.165, 1.54) is 13.2 Å². The summed E-state index contributed by atoms with van der Waals surface area (Å²) in [4.78, 5) is 12.9. The Hall–Kier alpha value is -2.69. The summed E-state index contributed by atoms with van der Waals surface area (Å²) in [6, 6.07) is 8.80. The molecule has 2 aromatic rings. The number of aromatic hydroxyl groups is 1. The lowest BCUT2D eigenvalue weighted by Crippen LogP contribution is -2.27. The molecule has 0 aliphatic carbocycles. The Bertz CT molecular complexity index is 749. The lowest BCUT2D eigenvalue weighted by Gasteiger charge is -2.27. The van der Waals surface area contributed by atoms with Crippen molar-refractivity contribution in [3.63, 3.8) is 0 Å². The van der Waals surface area contributed by atoms with Gasteiger partial charge in [-0.25, -0.2) is 0 Å². The van der Waals surface area contributed by atoms with Gasteiger partial charge < -0.3 is 19.3 Å². The van der Waals surface area contributed by atoms with Crippen molar-refractivity contribution in [2.24, 2.45) is 0 Å². The molecule has 0 aromatic heterocycles. The second kappa shape index (κ2) is 5.83. The number of hydrogen-bond acceptors (Lipinski definition) is 5. The third-order valence-corrected chi connectivity index (χ3v) is 4.16. The Labute approximate surface area is 134 Å². The van der Waals surface area contributed by atoms with E-state index in [-0.39, 0.29) is 18.1 Å². The molecular formula is C18H18O5. The molecule has 0 saturated carbocycles. The van der Waals surface area contributed by atoms with Crippen LogP contribution in [0.15, 0.2) is 30.3 Å². The van der Waals surface area contributed by atoms with Crippen LogP contribution in [0, 0.1) is 6.92 Å². The SMILES string of the molecule is COc1ccc(C2COc3c(C)c(O)cc(OC)c3C2=O)cc1. The van der Waals surface area contributed by atoms with Crippen LogP contribution in [-0.2, 0) is 0 Å². The molecule has 5 heteroatoms. The molecule has 0 radical (unpaired) electrons. The highest BCUT2D eigenvalue weighted by molar-refractivity contribution is 6.07. The normalized spacial score (nSPS) is 16.5. The van der Waals surface area contributed by atoms with Gasteiger partial charge in [-0.15, -0.1) is 0 Å². The molecule has 0 saturated heterocycles. The van der Waals surface area contributed by atoms with Gasteiger partial charge in [0.1, 0.15) is 35.2 Å². The largest absolute Gasteiger partial charge is 0.507 e. The predicted molar refractivity (Wildman–Crippen MR) is 85.0 cm³/mol. The van der Waals surface area contributed by atoms with E-state index in [1.807, 2.05) is 24.3 Å². The van der Waals surface area contributed by atoms with Crippen LogP contribution in [0.1, 0.15) is 27.4 Å². The lowest BCUT2D eigenvalue weighted by atomic mass is 9.87. The van der Waals surface area contributed by atoms with Crippen LogP contribution in [0.3, 0.4) is 0 Å². The smallest absolute Gasteiger partial charge is 0.181 e. The van der Waals surface area contributed by atoms with Gasteiger partial charge in [0.05, 0.1) is 20.1 Å². The number of carbonyl (C=O) groups is 1. The molecule has 0 spiro atoms. The number of phenols is 1. The second-order valence-electron chi connectivity index (χ2n) is 5.43. The third-order valence-electron chi connectivity index (χ3n) is 4.16. The average molecular weight is 314 g/mol. The van der Waals surface area contributed by atoms with Gasteiger partial charge in [0.25, 0.3) is 0 Å². The summed E-state index contributed by atoms with van der Waals surface area (Å²) in [5.74, 6) is 1.03. The van der Waals surface area contributed by atoms with Crippen LogP contribution < -0.4 is 14.2 Å². The molecule has 5 nitrogen and oxygen atoms in total. The van der Waals surface area contributed by atoms with E-state index in [0.29, 0.717) is 22.6 Å². The molecule has 1 aliphatic heterocycles. The number of phenolic OH excluding ortho intramolecular Hbond substituents is 1. The van der Waals surface area contributed by atoms with Gasteiger partial charge in [0.2, 0.25) is 0 Å². The first-order chi connectivity index (χ1) is 11.1. The van der Waals surface area contributed by atoms with Crippen LogP contribution in [0.4, 0.5) is 0 Å². The van der Waals surface area contributed by atoms with Crippen molar-refractivity contribution in [1.29, 1.82) is 0 Å². The van der Waals surface area contributed by atoms with Gasteiger partial charge >= 0.3 is 0 Å². The Morgan fingerprint density at radius 3 is 2.48 bits per heavy atom. The zero-order chi connectivity index (χ0) is 16.6. The molecule has 23 heavy (non-hydrogen) atoms. The average Bonchev–Trinajstić information content (AvgIpc) is 2.58. The van der Waals surface area contributed by atoms with Gasteiger partial charge in [-0.2, -0.15) is 0 Å². The van der Waals surface area contributed by atoms with E-state index in [4.69, 9.17) is 14.2 Å². The highest BCUT2D eigenvalue weighted by Gasteiger charge is 2.34. The Morgan fingerprint density at radius 2 is 1.87 bits per heavy atom. The topological polar surface area (TPSA) is 65.0 Å². The van der Waals surface area contributed by atoms with E-state index in [0.717, 1.165) is 11.3 Å². The zero-order valence-corrected chi connectivity index (χ0v) is 13.3. The van der Waals surface area contributed by atoms with Crippen molar-refractivity contribution in [1.82, 2.24) is 0 Å². The monoisotopic (exact) mass is 314 g/mol. The summed E-state index contributed by atoms with van der Waals surface area (Å²) in [6.07, 6.45) is 0. The standard InChI is InChI=1S/C18H18O5/c1-10-14(19)8-15(22-3)16-17(20)13(9-23-18(10)16)11-4-6-12(21-2)7-5-11/h4-8,13,19H,9H2,1-3H3. The van der Waals surface area contributed by atoms with Crippen LogP contribution in [0.2, 0.25) is 0 Å². The van der Waals surface area contributed by atoms with Crippen molar-refractivity contribution >= 4 is 5.78 Å². The number of Topliss-reactive ketones (excluding diaryl/α,β-unsaturated/α-hetero) is 1. The van der Waals surface area contributed by atoms with Gasteiger partial charge in [-0.3, -0.25) is 4.79 Å². The number of methoxy groups -OCH3 is 2. The van der Waals surface area contributed by atoms with Crippen LogP contribution in [-0.4, -0.2) is 31.7 Å². The molecule has 1 unspecified atom stereocenters. The highest BCUT2D eigenvalue weighted by atomic mass is 16.5. The molecule has 1 aliphatic rings. The van der Waals surface area contributed by atoms with Crippen molar-refractivity contribution in [3.05, 3.63) is 47.0 Å². The molecule has 1 N–H and O–H groups in total. The fourth-order valence-corrected chi connectivity index (χ4v) is 2.80. The molecule has 3 rings (SSSR count). The van der Waals surface area contributed by atoms with Crippen LogP contribution in [0.5, 0.6) is 23.0 Å². The summed E-state index contributed by atoms with van der Waals surface area (Å²) < 4.78 is 16.2. The maximum Gasteiger partial charge on any atom is 0.181 e. The van der Waals surface area contributed by atoms with Crippen molar-refractivity contribution in [3.8, 4) is 23.0 Å². The minimum atomic E-state index is -0.411. The fraction of sp³-hybridized carbons (Fsp3) is 0.278. The third kappa shape index (κ3) is 2.48. The van der Waals surface area contributed by atoms with Crippen LogP contribution >= 0.6 is 0 Å². The first-order valence-corrected chi connectivity index (χ1v) is 7.28. The lowest BCUT2D eigenvalue weighted by molar-refractivity contribution is 0.0890. The van der Waals surface area contributed by atoms with Crippen LogP contribution in [0.25, 0.3) is 0 Å². The Balaban J connectivity index is 2.04. The summed E-state index contributed by atoms with van der Waals surface area (Å²) in [7, 11) is 3.06. The van der Waals surface area contributed by atoms with Crippen molar-refractivity contribution in [2.45, 2.75) is 12.8 Å². The predicted octanol–water partition coefficient (Wildman–Crippen LogP) is 3.08. The highest BCUT2D eigenvalue weighted by Crippen LogP contribution is 2.43. The van der Waals surface area contributed by atoms with E-state index < -0.39 is 5.92 Å². The van der Waals surface area contributed by atoms with Crippen molar-refractivity contribution < 1.29 is 24.1 Å². The van der Waals surface area contributed by atoms with E-state index >= 15 is 0 Å². The second-order valence-corrected chi connectivity index (χ2v) is 5.43. The quantitative estimate of drug-likeness (QED) is 0.943. The maximum atomic E-state index is 12.9. The number of ether oxygens (including phenoxy) is 3. The van der Waals surface area contributed by atoms with E-state index in [9.17, 15) is 9.90 Å². The minimum absolute atomic E-state index is 0.0521. The first-order valence-electron chi connectivity index (χ1n) is 7.28. The van der Waals surface area contributed by atoms with Crippen molar-refractivity contribution in [2.75, 3.05) is 20.8 Å². The number of benzene rings is 2. The van der Waals surface area contributed by atoms with Gasteiger partial charge in [0, 0.05) is 11.6 Å². The maximum absolute atomic E-state index is 12.9. The Morgan fingerprint density at radius 1 is 1.17 bits per heavy atom. The molecule has 2 aromatic carbocycles. The molecule has 120 valence electrons. The summed E-state index contributed by atoms with van der Waals surface area (Å²) in [5.41, 5.74) is 1.78.